The Labute approximate surface area is 107 Å². The van der Waals surface area contributed by atoms with Gasteiger partial charge in [0.25, 0.3) is 0 Å². The Morgan fingerprint density at radius 3 is 2.61 bits per heavy atom. The quantitative estimate of drug-likeness (QED) is 0.706. The molecular weight excluding hydrogens is 232 g/mol. The molecule has 0 aromatic heterocycles. The van der Waals surface area contributed by atoms with Crippen LogP contribution in [0.4, 0.5) is 0 Å². The van der Waals surface area contributed by atoms with Crippen LogP contribution in [0.25, 0.3) is 0 Å². The van der Waals surface area contributed by atoms with E-state index in [1.807, 2.05) is 6.08 Å². The zero-order chi connectivity index (χ0) is 13.6. The molecule has 1 saturated carbocycles. The molecule has 4 heteroatoms. The molecule has 3 aliphatic carbocycles. The molecule has 0 saturated heterocycles. The molecule has 0 unspecified atom stereocenters. The second kappa shape index (κ2) is 4.14. The van der Waals surface area contributed by atoms with Gasteiger partial charge in [0.2, 0.25) is 0 Å². The third-order valence-corrected chi connectivity index (χ3v) is 4.32. The minimum atomic E-state index is -1.19. The summed E-state index contributed by atoms with van der Waals surface area (Å²) in [5.41, 5.74) is -2.11. The van der Waals surface area contributed by atoms with Crippen molar-refractivity contribution in [1.29, 1.82) is 0 Å². The predicted molar refractivity (Wildman–Crippen MR) is 66.1 cm³/mol. The van der Waals surface area contributed by atoms with Crippen LogP contribution in [0.15, 0.2) is 24.8 Å². The normalized spacial score (nSPS) is 42.1. The van der Waals surface area contributed by atoms with Crippen molar-refractivity contribution in [2.24, 2.45) is 11.8 Å². The Morgan fingerprint density at radius 1 is 1.50 bits per heavy atom. The summed E-state index contributed by atoms with van der Waals surface area (Å²) >= 11 is 0. The summed E-state index contributed by atoms with van der Waals surface area (Å²) in [6, 6.07) is 0. The summed E-state index contributed by atoms with van der Waals surface area (Å²) in [6.45, 7) is 5.23. The zero-order valence-corrected chi connectivity index (χ0v) is 10.9. The first-order valence-corrected chi connectivity index (χ1v) is 5.96. The minimum absolute atomic E-state index is 0.00731. The number of ketones is 2. The highest BCUT2D eigenvalue weighted by atomic mass is 16.6. The third-order valence-electron chi connectivity index (χ3n) is 4.32. The Kier molecular flexibility index (Phi) is 3.03. The smallest absolute Gasteiger partial charge is 0.179 e. The van der Waals surface area contributed by atoms with E-state index in [1.54, 1.807) is 6.08 Å². The molecule has 4 atom stereocenters. The fourth-order valence-corrected chi connectivity index (χ4v) is 3.25. The lowest BCUT2D eigenvalue weighted by atomic mass is 9.57. The van der Waals surface area contributed by atoms with Gasteiger partial charge in [0.05, 0.1) is 0 Å². The average Bonchev–Trinajstić information content (AvgIpc) is 2.39. The van der Waals surface area contributed by atoms with E-state index in [2.05, 4.69) is 6.58 Å². The molecule has 18 heavy (non-hydrogen) atoms. The van der Waals surface area contributed by atoms with Crippen molar-refractivity contribution in [2.45, 2.75) is 24.5 Å². The Morgan fingerprint density at radius 2 is 2.17 bits per heavy atom. The first kappa shape index (κ1) is 13.2. The van der Waals surface area contributed by atoms with E-state index in [9.17, 15) is 9.59 Å². The fourth-order valence-electron chi connectivity index (χ4n) is 3.25. The standard InChI is InChI=1S/C14H18O4/c1-5-14(18-4)12(16)10-6-7-13(14,17-3)8-11(10)9(2)15/h5-7,10-11H,1,8H2,2-4H3/t10-,11+,13-,14+/m0/s1. The number of carbonyl (C=O) groups is 2. The Hall–Kier alpha value is -1.26. The van der Waals surface area contributed by atoms with Crippen LogP contribution in [0.1, 0.15) is 13.3 Å². The summed E-state index contributed by atoms with van der Waals surface area (Å²) in [7, 11) is 3.00. The van der Waals surface area contributed by atoms with E-state index in [1.165, 1.54) is 27.2 Å². The highest BCUT2D eigenvalue weighted by Crippen LogP contribution is 2.51. The van der Waals surface area contributed by atoms with Crippen molar-refractivity contribution in [3.63, 3.8) is 0 Å². The first-order valence-electron chi connectivity index (χ1n) is 5.96. The maximum absolute atomic E-state index is 12.6. The molecule has 0 aromatic rings. The molecule has 3 rings (SSSR count). The number of fused-ring (bicyclic) bond motifs is 2. The summed E-state index contributed by atoms with van der Waals surface area (Å²) in [6.07, 6.45) is 5.54. The number of rotatable bonds is 4. The summed E-state index contributed by atoms with van der Waals surface area (Å²) < 4.78 is 11.0. The van der Waals surface area contributed by atoms with Gasteiger partial charge in [-0.05, 0) is 19.4 Å². The van der Waals surface area contributed by atoms with Crippen molar-refractivity contribution in [1.82, 2.24) is 0 Å². The SMILES string of the molecule is C=C[C@@]1(OC)C(=O)[C@H]2C=C[C@]1(OC)C[C@@H]2C(C)=O. The van der Waals surface area contributed by atoms with Crippen LogP contribution in [0, 0.1) is 11.8 Å². The van der Waals surface area contributed by atoms with Gasteiger partial charge in [-0.3, -0.25) is 9.59 Å². The molecule has 1 fully saturated rings. The summed E-state index contributed by atoms with van der Waals surface area (Å²) in [5, 5.41) is 0. The van der Waals surface area contributed by atoms with Gasteiger partial charge in [-0.1, -0.05) is 18.7 Å². The lowest BCUT2D eigenvalue weighted by Crippen LogP contribution is -2.68. The van der Waals surface area contributed by atoms with Crippen molar-refractivity contribution in [3.05, 3.63) is 24.8 Å². The number of methoxy groups -OCH3 is 2. The zero-order valence-electron chi connectivity index (χ0n) is 10.9. The van der Waals surface area contributed by atoms with Crippen LogP contribution in [0.3, 0.4) is 0 Å². The Balaban J connectivity index is 2.59. The number of Topliss-reactive ketones (excluding diaryl/α,β-unsaturated/α-hetero) is 2. The number of hydrogen-bond donors (Lipinski definition) is 0. The van der Waals surface area contributed by atoms with Crippen LogP contribution in [0.5, 0.6) is 0 Å². The Bertz CT molecular complexity index is 439. The van der Waals surface area contributed by atoms with E-state index in [0.29, 0.717) is 6.42 Å². The second-order valence-corrected chi connectivity index (χ2v) is 4.91. The molecule has 0 heterocycles. The van der Waals surface area contributed by atoms with Crippen LogP contribution >= 0.6 is 0 Å². The fraction of sp³-hybridized carbons (Fsp3) is 0.571. The van der Waals surface area contributed by atoms with Gasteiger partial charge >= 0.3 is 0 Å². The average molecular weight is 250 g/mol. The van der Waals surface area contributed by atoms with Crippen LogP contribution in [-0.4, -0.2) is 37.0 Å². The largest absolute Gasteiger partial charge is 0.370 e. The third kappa shape index (κ3) is 1.33. The van der Waals surface area contributed by atoms with Crippen molar-refractivity contribution < 1.29 is 19.1 Å². The lowest BCUT2D eigenvalue weighted by molar-refractivity contribution is -0.189. The highest BCUT2D eigenvalue weighted by molar-refractivity contribution is 6.01. The van der Waals surface area contributed by atoms with Crippen molar-refractivity contribution in [3.8, 4) is 0 Å². The molecular formula is C14H18O4. The molecule has 3 aliphatic rings. The number of allylic oxidation sites excluding steroid dienone is 1. The molecule has 0 radical (unpaired) electrons. The maximum atomic E-state index is 12.6. The number of carbonyl (C=O) groups excluding carboxylic acids is 2. The first-order chi connectivity index (χ1) is 8.48. The van der Waals surface area contributed by atoms with Crippen LogP contribution in [0.2, 0.25) is 0 Å². The summed E-state index contributed by atoms with van der Waals surface area (Å²) in [5.74, 6) is -0.896. The van der Waals surface area contributed by atoms with Gasteiger partial charge < -0.3 is 9.47 Å². The number of hydrogen-bond acceptors (Lipinski definition) is 4. The minimum Gasteiger partial charge on any atom is -0.370 e. The van der Waals surface area contributed by atoms with Crippen molar-refractivity contribution in [2.75, 3.05) is 14.2 Å². The predicted octanol–water partition coefficient (Wildman–Crippen LogP) is 1.31. The molecule has 4 nitrogen and oxygen atoms in total. The molecule has 0 spiro atoms. The highest BCUT2D eigenvalue weighted by Gasteiger charge is 2.64. The molecule has 0 N–H and O–H groups in total. The molecule has 98 valence electrons. The molecule has 0 aliphatic heterocycles. The number of ether oxygens (including phenoxy) is 2. The van der Waals surface area contributed by atoms with Gasteiger partial charge in [0.15, 0.2) is 11.4 Å². The van der Waals surface area contributed by atoms with E-state index in [0.717, 1.165) is 0 Å². The van der Waals surface area contributed by atoms with E-state index in [-0.39, 0.29) is 17.5 Å². The van der Waals surface area contributed by atoms with Gasteiger partial charge in [-0.2, -0.15) is 0 Å². The van der Waals surface area contributed by atoms with Crippen LogP contribution < -0.4 is 0 Å². The lowest BCUT2D eigenvalue weighted by Gasteiger charge is -2.54. The van der Waals surface area contributed by atoms with E-state index in [4.69, 9.17) is 9.47 Å². The topological polar surface area (TPSA) is 52.6 Å². The monoisotopic (exact) mass is 250 g/mol. The van der Waals surface area contributed by atoms with Gasteiger partial charge in [-0.25, -0.2) is 0 Å². The van der Waals surface area contributed by atoms with Gasteiger partial charge in [0.1, 0.15) is 11.4 Å². The van der Waals surface area contributed by atoms with E-state index < -0.39 is 17.1 Å². The van der Waals surface area contributed by atoms with E-state index >= 15 is 0 Å². The molecule has 2 bridgehead atoms. The maximum Gasteiger partial charge on any atom is 0.179 e. The molecule has 0 aromatic carbocycles. The molecule has 0 amide bonds. The van der Waals surface area contributed by atoms with Gasteiger partial charge in [0, 0.05) is 26.1 Å². The van der Waals surface area contributed by atoms with Gasteiger partial charge in [-0.15, -0.1) is 0 Å². The summed E-state index contributed by atoms with van der Waals surface area (Å²) in [4.78, 5) is 24.2. The van der Waals surface area contributed by atoms with Crippen molar-refractivity contribution >= 4 is 11.6 Å². The van der Waals surface area contributed by atoms with Crippen LogP contribution in [-0.2, 0) is 19.1 Å². The second-order valence-electron chi connectivity index (χ2n) is 4.91.